The maximum atomic E-state index is 12.2. The first-order chi connectivity index (χ1) is 11.2. The first-order valence-electron chi connectivity index (χ1n) is 8.52. The Hall–Kier alpha value is -1.04. The minimum Gasteiger partial charge on any atom is -0.325 e. The van der Waals surface area contributed by atoms with E-state index in [4.69, 9.17) is 0 Å². The molecule has 0 spiro atoms. The summed E-state index contributed by atoms with van der Waals surface area (Å²) >= 11 is 1.66. The molecule has 2 N–H and O–H groups in total. The highest BCUT2D eigenvalue weighted by Crippen LogP contribution is 2.25. The molecule has 0 aromatic heterocycles. The topological polar surface area (TPSA) is 44.4 Å². The summed E-state index contributed by atoms with van der Waals surface area (Å²) in [6.45, 7) is 4.24. The fourth-order valence-corrected chi connectivity index (χ4v) is 3.62. The molecule has 128 valence electrons. The van der Waals surface area contributed by atoms with Gasteiger partial charge in [-0.25, -0.2) is 0 Å². The number of para-hydroxylation sites is 1. The molecule has 1 saturated heterocycles. The second-order valence-corrected chi connectivity index (χ2v) is 7.02. The lowest BCUT2D eigenvalue weighted by molar-refractivity contribution is -0.116. The number of carbonyl (C=O) groups is 1. The number of benzene rings is 1. The second kappa shape index (κ2) is 9.96. The highest BCUT2D eigenvalue weighted by Gasteiger charge is 2.19. The highest BCUT2D eigenvalue weighted by molar-refractivity contribution is 7.98. The van der Waals surface area contributed by atoms with Crippen LogP contribution in [0.4, 0.5) is 5.69 Å². The van der Waals surface area contributed by atoms with Crippen LogP contribution >= 0.6 is 11.8 Å². The number of thioether (sulfide) groups is 1. The molecule has 0 bridgehead atoms. The van der Waals surface area contributed by atoms with Crippen LogP contribution in [0.2, 0.25) is 0 Å². The summed E-state index contributed by atoms with van der Waals surface area (Å²) in [5.74, 6) is 0.963. The van der Waals surface area contributed by atoms with Crippen molar-refractivity contribution >= 4 is 23.4 Å². The monoisotopic (exact) mass is 335 g/mol. The fraction of sp³-hybridized carbons (Fsp3) is 0.611. The molecule has 0 radical (unpaired) electrons. The van der Waals surface area contributed by atoms with Gasteiger partial charge in [0.25, 0.3) is 0 Å². The molecule has 23 heavy (non-hydrogen) atoms. The van der Waals surface area contributed by atoms with E-state index in [2.05, 4.69) is 15.5 Å². The molecule has 0 unspecified atom stereocenters. The molecule has 1 aromatic carbocycles. The van der Waals surface area contributed by atoms with Crippen LogP contribution in [0, 0.1) is 5.92 Å². The summed E-state index contributed by atoms with van der Waals surface area (Å²) in [5.41, 5.74) is 0.927. The molecular weight excluding hydrogens is 306 g/mol. The minimum absolute atomic E-state index is 0.115. The Morgan fingerprint density at radius 1 is 1.30 bits per heavy atom. The maximum Gasteiger partial charge on any atom is 0.225 e. The van der Waals surface area contributed by atoms with Crippen LogP contribution < -0.4 is 10.6 Å². The van der Waals surface area contributed by atoms with E-state index in [1.807, 2.05) is 37.6 Å². The van der Waals surface area contributed by atoms with Crippen molar-refractivity contribution in [1.82, 2.24) is 10.2 Å². The van der Waals surface area contributed by atoms with Crippen molar-refractivity contribution in [3.8, 4) is 0 Å². The van der Waals surface area contributed by atoms with Gasteiger partial charge in [-0.2, -0.15) is 0 Å². The van der Waals surface area contributed by atoms with Crippen LogP contribution in [0.25, 0.3) is 0 Å². The average Bonchev–Trinajstić information content (AvgIpc) is 2.59. The number of amides is 1. The number of hydrogen-bond donors (Lipinski definition) is 2. The van der Waals surface area contributed by atoms with Crippen LogP contribution in [-0.2, 0) is 4.79 Å². The van der Waals surface area contributed by atoms with Crippen LogP contribution in [0.3, 0.4) is 0 Å². The molecule has 5 heteroatoms. The van der Waals surface area contributed by atoms with Crippen LogP contribution in [-0.4, -0.2) is 50.3 Å². The zero-order valence-corrected chi connectivity index (χ0v) is 15.1. The Bertz CT molecular complexity index is 487. The van der Waals surface area contributed by atoms with Crippen molar-refractivity contribution in [2.24, 2.45) is 5.92 Å². The SMILES string of the molecule is CNCCC1CCN(CCC(=O)Nc2ccccc2SC)CC1. The number of nitrogens with zero attached hydrogens (tertiary/aromatic N) is 1. The summed E-state index contributed by atoms with van der Waals surface area (Å²) in [6.07, 6.45) is 6.40. The van der Waals surface area contributed by atoms with E-state index in [0.717, 1.165) is 42.7 Å². The van der Waals surface area contributed by atoms with Crippen molar-refractivity contribution in [2.45, 2.75) is 30.6 Å². The quantitative estimate of drug-likeness (QED) is 0.717. The lowest BCUT2D eigenvalue weighted by Crippen LogP contribution is -2.36. The molecule has 1 heterocycles. The van der Waals surface area contributed by atoms with Gasteiger partial charge >= 0.3 is 0 Å². The van der Waals surface area contributed by atoms with E-state index >= 15 is 0 Å². The van der Waals surface area contributed by atoms with Gasteiger partial charge in [0.15, 0.2) is 0 Å². The number of carbonyl (C=O) groups excluding carboxylic acids is 1. The van der Waals surface area contributed by atoms with E-state index < -0.39 is 0 Å². The van der Waals surface area contributed by atoms with E-state index in [0.29, 0.717) is 6.42 Å². The number of hydrogen-bond acceptors (Lipinski definition) is 4. The molecule has 1 amide bonds. The van der Waals surface area contributed by atoms with Crippen LogP contribution in [0.15, 0.2) is 29.2 Å². The Labute approximate surface area is 144 Å². The van der Waals surface area contributed by atoms with E-state index in [1.165, 1.54) is 19.3 Å². The Morgan fingerprint density at radius 2 is 2.04 bits per heavy atom. The Kier molecular flexibility index (Phi) is 7.92. The number of piperidine rings is 1. The van der Waals surface area contributed by atoms with Gasteiger partial charge in [0.2, 0.25) is 5.91 Å². The summed E-state index contributed by atoms with van der Waals surface area (Å²) in [5, 5.41) is 6.27. The van der Waals surface area contributed by atoms with E-state index in [-0.39, 0.29) is 5.91 Å². The summed E-state index contributed by atoms with van der Waals surface area (Å²) in [4.78, 5) is 15.7. The third-order valence-corrected chi connectivity index (χ3v) is 5.34. The van der Waals surface area contributed by atoms with Gasteiger partial charge in [0.05, 0.1) is 5.69 Å². The smallest absolute Gasteiger partial charge is 0.225 e. The van der Waals surface area contributed by atoms with Gasteiger partial charge in [-0.1, -0.05) is 12.1 Å². The Balaban J connectivity index is 1.69. The van der Waals surface area contributed by atoms with Crippen molar-refractivity contribution in [3.05, 3.63) is 24.3 Å². The highest BCUT2D eigenvalue weighted by atomic mass is 32.2. The molecule has 1 aromatic rings. The fourth-order valence-electron chi connectivity index (χ4n) is 3.07. The number of nitrogens with one attached hydrogen (secondary N) is 2. The molecule has 4 nitrogen and oxygen atoms in total. The van der Waals surface area contributed by atoms with Gasteiger partial charge in [-0.05, 0) is 70.3 Å². The van der Waals surface area contributed by atoms with Gasteiger partial charge in [0.1, 0.15) is 0 Å². The number of anilines is 1. The van der Waals surface area contributed by atoms with E-state index in [9.17, 15) is 4.79 Å². The van der Waals surface area contributed by atoms with Gasteiger partial charge in [0, 0.05) is 17.9 Å². The normalized spacial score (nSPS) is 16.4. The summed E-state index contributed by atoms with van der Waals surface area (Å²) < 4.78 is 0. The zero-order valence-electron chi connectivity index (χ0n) is 14.3. The summed E-state index contributed by atoms with van der Waals surface area (Å²) in [7, 11) is 2.02. The lowest BCUT2D eigenvalue weighted by atomic mass is 9.93. The third-order valence-electron chi connectivity index (χ3n) is 4.55. The zero-order chi connectivity index (χ0) is 16.5. The predicted molar refractivity (Wildman–Crippen MR) is 99.2 cm³/mol. The summed E-state index contributed by atoms with van der Waals surface area (Å²) in [6, 6.07) is 7.97. The number of likely N-dealkylation sites (tertiary alicyclic amines) is 1. The molecular formula is C18H29N3OS. The molecule has 1 aliphatic rings. The molecule has 2 rings (SSSR count). The molecule has 0 saturated carbocycles. The van der Waals surface area contributed by atoms with E-state index in [1.54, 1.807) is 11.8 Å². The van der Waals surface area contributed by atoms with Crippen molar-refractivity contribution < 1.29 is 4.79 Å². The average molecular weight is 336 g/mol. The molecule has 1 aliphatic heterocycles. The van der Waals surface area contributed by atoms with Crippen molar-refractivity contribution in [1.29, 1.82) is 0 Å². The number of rotatable bonds is 8. The standard InChI is InChI=1S/C18H29N3OS/c1-19-11-7-15-8-12-21(13-9-15)14-10-18(22)20-16-5-3-4-6-17(16)23-2/h3-6,15,19H,7-14H2,1-2H3,(H,20,22). The lowest BCUT2D eigenvalue weighted by Gasteiger charge is -2.31. The Morgan fingerprint density at radius 3 is 2.74 bits per heavy atom. The second-order valence-electron chi connectivity index (χ2n) is 6.18. The van der Waals surface area contributed by atoms with Crippen molar-refractivity contribution in [2.75, 3.05) is 44.8 Å². The first-order valence-corrected chi connectivity index (χ1v) is 9.75. The largest absolute Gasteiger partial charge is 0.325 e. The van der Waals surface area contributed by atoms with Crippen LogP contribution in [0.5, 0.6) is 0 Å². The maximum absolute atomic E-state index is 12.2. The van der Waals surface area contributed by atoms with Gasteiger partial charge < -0.3 is 15.5 Å². The first kappa shape index (κ1) is 18.3. The molecule has 0 atom stereocenters. The third kappa shape index (κ3) is 6.16. The van der Waals surface area contributed by atoms with Gasteiger partial charge in [-0.3, -0.25) is 4.79 Å². The molecule has 0 aliphatic carbocycles. The molecule has 1 fully saturated rings. The van der Waals surface area contributed by atoms with Crippen LogP contribution in [0.1, 0.15) is 25.7 Å². The predicted octanol–water partition coefficient (Wildman–Crippen LogP) is 3.06. The van der Waals surface area contributed by atoms with Gasteiger partial charge in [-0.15, -0.1) is 11.8 Å². The van der Waals surface area contributed by atoms with Crippen molar-refractivity contribution in [3.63, 3.8) is 0 Å². The minimum atomic E-state index is 0.115.